The van der Waals surface area contributed by atoms with E-state index in [0.717, 1.165) is 6.07 Å². The molecule has 0 aliphatic carbocycles. The Morgan fingerprint density at radius 2 is 1.85 bits per heavy atom. The third-order valence-corrected chi connectivity index (χ3v) is 3.06. The lowest BCUT2D eigenvalue weighted by atomic mass is 9.98. The maximum atomic E-state index is 13.0. The first-order valence-electron chi connectivity index (χ1n) is 6.56. The number of halogens is 3. The van der Waals surface area contributed by atoms with Crippen LogP contribution >= 0.6 is 0 Å². The molecule has 0 radical (unpaired) electrons. The molecule has 3 unspecified atom stereocenters. The van der Waals surface area contributed by atoms with Crippen molar-refractivity contribution in [2.45, 2.75) is 44.6 Å². The number of benzene rings is 1. The Balaban J connectivity index is 2.96. The van der Waals surface area contributed by atoms with E-state index in [9.17, 15) is 18.3 Å². The average molecular weight is 290 g/mol. The van der Waals surface area contributed by atoms with Crippen LogP contribution in [0.2, 0.25) is 0 Å². The minimum absolute atomic E-state index is 0.0528. The van der Waals surface area contributed by atoms with Crippen LogP contribution in [-0.4, -0.2) is 23.8 Å². The van der Waals surface area contributed by atoms with Crippen LogP contribution in [0.25, 0.3) is 0 Å². The molecule has 0 heterocycles. The van der Waals surface area contributed by atoms with Gasteiger partial charge in [-0.25, -0.2) is 0 Å². The first kappa shape index (κ1) is 16.9. The predicted octanol–water partition coefficient (Wildman–Crippen LogP) is 2.45. The summed E-state index contributed by atoms with van der Waals surface area (Å²) in [5.74, 6) is 0. The lowest BCUT2D eigenvalue weighted by molar-refractivity contribution is -0.138. The molecule has 0 aromatic heterocycles. The fourth-order valence-electron chi connectivity index (χ4n) is 2.27. The van der Waals surface area contributed by atoms with Crippen LogP contribution in [0.1, 0.15) is 37.4 Å². The van der Waals surface area contributed by atoms with Crippen LogP contribution in [0.4, 0.5) is 13.2 Å². The molecule has 1 aromatic carbocycles. The number of aliphatic hydroxyl groups excluding tert-OH is 1. The molecule has 1 rings (SSSR count). The Hall–Kier alpha value is -1.11. The second kappa shape index (κ2) is 7.06. The van der Waals surface area contributed by atoms with Crippen LogP contribution < -0.4 is 11.1 Å². The van der Waals surface area contributed by atoms with Crippen LogP contribution in [0.15, 0.2) is 24.3 Å². The normalized spacial score (nSPS) is 16.8. The van der Waals surface area contributed by atoms with Gasteiger partial charge in [0.25, 0.3) is 0 Å². The molecule has 0 amide bonds. The molecule has 6 heteroatoms. The summed E-state index contributed by atoms with van der Waals surface area (Å²) in [4.78, 5) is 0. The zero-order valence-corrected chi connectivity index (χ0v) is 11.6. The first-order chi connectivity index (χ1) is 9.25. The zero-order valence-electron chi connectivity index (χ0n) is 11.6. The molecule has 114 valence electrons. The highest BCUT2D eigenvalue weighted by Crippen LogP contribution is 2.34. The monoisotopic (exact) mass is 290 g/mol. The smallest absolute Gasteiger partial charge is 0.393 e. The Labute approximate surface area is 117 Å². The van der Waals surface area contributed by atoms with Crippen molar-refractivity contribution in [1.82, 2.24) is 5.32 Å². The van der Waals surface area contributed by atoms with Gasteiger partial charge in [-0.15, -0.1) is 0 Å². The summed E-state index contributed by atoms with van der Waals surface area (Å²) >= 11 is 0. The molecule has 0 spiro atoms. The van der Waals surface area contributed by atoms with Gasteiger partial charge in [-0.3, -0.25) is 0 Å². The van der Waals surface area contributed by atoms with Gasteiger partial charge >= 0.3 is 6.18 Å². The molecule has 4 N–H and O–H groups in total. The summed E-state index contributed by atoms with van der Waals surface area (Å²) in [6.45, 7) is 3.50. The van der Waals surface area contributed by atoms with E-state index < -0.39 is 23.9 Å². The van der Waals surface area contributed by atoms with Crippen molar-refractivity contribution in [1.29, 1.82) is 0 Å². The Kier molecular flexibility index (Phi) is 5.98. The van der Waals surface area contributed by atoms with E-state index in [4.69, 9.17) is 5.73 Å². The molecule has 0 fully saturated rings. The maximum Gasteiger partial charge on any atom is 0.416 e. The largest absolute Gasteiger partial charge is 0.416 e. The van der Waals surface area contributed by atoms with Gasteiger partial charge in [0.05, 0.1) is 11.7 Å². The molecule has 0 aliphatic rings. The van der Waals surface area contributed by atoms with Gasteiger partial charge < -0.3 is 16.2 Å². The highest BCUT2D eigenvalue weighted by molar-refractivity contribution is 5.32. The summed E-state index contributed by atoms with van der Waals surface area (Å²) < 4.78 is 39.0. The van der Waals surface area contributed by atoms with Gasteiger partial charge in [0.15, 0.2) is 0 Å². The molecule has 0 bridgehead atoms. The fraction of sp³-hybridized carbons (Fsp3) is 0.571. The molecule has 3 atom stereocenters. The van der Waals surface area contributed by atoms with Gasteiger partial charge in [0.1, 0.15) is 0 Å². The zero-order chi connectivity index (χ0) is 15.3. The Morgan fingerprint density at radius 3 is 2.35 bits per heavy atom. The van der Waals surface area contributed by atoms with E-state index in [1.807, 2.05) is 6.92 Å². The number of aliphatic hydroxyl groups is 1. The molecule has 1 aromatic rings. The van der Waals surface area contributed by atoms with Crippen LogP contribution in [0.5, 0.6) is 0 Å². The fourth-order valence-corrected chi connectivity index (χ4v) is 2.27. The van der Waals surface area contributed by atoms with Crippen molar-refractivity contribution in [3.8, 4) is 0 Å². The minimum atomic E-state index is -4.40. The number of alkyl halides is 3. The van der Waals surface area contributed by atoms with Gasteiger partial charge in [-0.05, 0) is 31.9 Å². The summed E-state index contributed by atoms with van der Waals surface area (Å²) in [5.41, 5.74) is 5.07. The molecule has 0 saturated carbocycles. The van der Waals surface area contributed by atoms with Gasteiger partial charge in [-0.2, -0.15) is 13.2 Å². The topological polar surface area (TPSA) is 58.3 Å². The van der Waals surface area contributed by atoms with E-state index in [2.05, 4.69) is 5.32 Å². The standard InChI is InChI=1S/C14H21F3N2O/c1-9(7-10(2)20)19-13(8-18)11-5-3-4-6-12(11)14(15,16)17/h3-6,9-10,13,19-20H,7-8,18H2,1-2H3. The van der Waals surface area contributed by atoms with E-state index in [1.54, 1.807) is 13.0 Å². The minimum Gasteiger partial charge on any atom is -0.393 e. The summed E-state index contributed by atoms with van der Waals surface area (Å²) in [6, 6.07) is 4.68. The number of nitrogens with one attached hydrogen (secondary N) is 1. The van der Waals surface area contributed by atoms with Crippen LogP contribution in [0.3, 0.4) is 0 Å². The second-order valence-electron chi connectivity index (χ2n) is 5.03. The lowest BCUT2D eigenvalue weighted by Gasteiger charge is -2.25. The van der Waals surface area contributed by atoms with E-state index in [-0.39, 0.29) is 18.2 Å². The number of hydrogen-bond acceptors (Lipinski definition) is 3. The SMILES string of the molecule is CC(O)CC(C)NC(CN)c1ccccc1C(F)(F)F. The number of nitrogens with two attached hydrogens (primary N) is 1. The molecule has 3 nitrogen and oxygen atoms in total. The Bertz CT molecular complexity index is 421. The van der Waals surface area contributed by atoms with Crippen LogP contribution in [0, 0.1) is 0 Å². The predicted molar refractivity (Wildman–Crippen MR) is 72.1 cm³/mol. The quantitative estimate of drug-likeness (QED) is 0.754. The molecular formula is C14H21F3N2O. The molecule has 0 saturated heterocycles. The number of rotatable bonds is 6. The van der Waals surface area contributed by atoms with E-state index >= 15 is 0 Å². The van der Waals surface area contributed by atoms with Crippen molar-refractivity contribution < 1.29 is 18.3 Å². The van der Waals surface area contributed by atoms with E-state index in [1.165, 1.54) is 12.1 Å². The van der Waals surface area contributed by atoms with Gasteiger partial charge in [0, 0.05) is 18.6 Å². The van der Waals surface area contributed by atoms with Crippen molar-refractivity contribution in [3.63, 3.8) is 0 Å². The lowest BCUT2D eigenvalue weighted by Crippen LogP contribution is -2.37. The van der Waals surface area contributed by atoms with Crippen LogP contribution in [-0.2, 0) is 6.18 Å². The second-order valence-corrected chi connectivity index (χ2v) is 5.03. The Morgan fingerprint density at radius 1 is 1.25 bits per heavy atom. The van der Waals surface area contributed by atoms with Crippen molar-refractivity contribution in [2.24, 2.45) is 5.73 Å². The van der Waals surface area contributed by atoms with E-state index in [0.29, 0.717) is 6.42 Å². The third kappa shape index (κ3) is 4.77. The number of hydrogen-bond donors (Lipinski definition) is 3. The van der Waals surface area contributed by atoms with Gasteiger partial charge in [-0.1, -0.05) is 18.2 Å². The van der Waals surface area contributed by atoms with Crippen molar-refractivity contribution in [3.05, 3.63) is 35.4 Å². The highest BCUT2D eigenvalue weighted by Gasteiger charge is 2.34. The average Bonchev–Trinajstić information content (AvgIpc) is 2.34. The molecular weight excluding hydrogens is 269 g/mol. The summed E-state index contributed by atoms with van der Waals surface area (Å²) in [5, 5.41) is 12.4. The van der Waals surface area contributed by atoms with Gasteiger partial charge in [0.2, 0.25) is 0 Å². The van der Waals surface area contributed by atoms with Crippen molar-refractivity contribution >= 4 is 0 Å². The summed E-state index contributed by atoms with van der Waals surface area (Å²) in [6.07, 6.45) is -4.47. The first-order valence-corrected chi connectivity index (χ1v) is 6.56. The summed E-state index contributed by atoms with van der Waals surface area (Å²) in [7, 11) is 0. The van der Waals surface area contributed by atoms with Crippen molar-refractivity contribution in [2.75, 3.05) is 6.54 Å². The maximum absolute atomic E-state index is 13.0. The highest BCUT2D eigenvalue weighted by atomic mass is 19.4. The third-order valence-electron chi connectivity index (χ3n) is 3.06. The molecule has 0 aliphatic heterocycles. The molecule has 20 heavy (non-hydrogen) atoms.